The number of nitrogens with zero attached hydrogens (tertiary/aromatic N) is 3. The summed E-state index contributed by atoms with van der Waals surface area (Å²) in [6, 6.07) is 2.66. The van der Waals surface area contributed by atoms with Gasteiger partial charge >= 0.3 is 11.9 Å². The third-order valence-corrected chi connectivity index (χ3v) is 1.65. The Morgan fingerprint density at radius 3 is 2.94 bits per heavy atom. The van der Waals surface area contributed by atoms with E-state index >= 15 is 0 Å². The second-order valence-electron chi connectivity index (χ2n) is 2.76. The summed E-state index contributed by atoms with van der Waals surface area (Å²) in [7, 11) is 0. The van der Waals surface area contributed by atoms with Gasteiger partial charge in [0.25, 0.3) is 0 Å². The Kier molecular flexibility index (Phi) is 2.38. The molecule has 0 saturated carbocycles. The van der Waals surface area contributed by atoms with Crippen LogP contribution in [0.3, 0.4) is 0 Å². The molecule has 16 heavy (non-hydrogen) atoms. The smallest absolute Gasteiger partial charge is 0.401 e. The molecule has 0 aliphatic rings. The molecule has 0 aromatic carbocycles. The number of hydrogen-bond acceptors (Lipinski definition) is 7. The molecule has 2 N–H and O–H groups in total. The van der Waals surface area contributed by atoms with Crippen LogP contribution in [0.15, 0.2) is 21.1 Å². The fraction of sp³-hybridized carbons (Fsp3) is 0. The molecule has 2 rings (SSSR count). The summed E-state index contributed by atoms with van der Waals surface area (Å²) in [5.74, 6) is 0.249. The molecular formula is C8H6N4O4. The van der Waals surface area contributed by atoms with Crippen molar-refractivity contribution < 1.29 is 13.9 Å². The van der Waals surface area contributed by atoms with Gasteiger partial charge < -0.3 is 14.7 Å². The van der Waals surface area contributed by atoms with Crippen LogP contribution in [0.2, 0.25) is 0 Å². The predicted molar refractivity (Wildman–Crippen MR) is 53.0 cm³/mol. The summed E-state index contributed by atoms with van der Waals surface area (Å²) >= 11 is 0. The predicted octanol–water partition coefficient (Wildman–Crippen LogP) is 1.32. The maximum absolute atomic E-state index is 10.3. The molecule has 8 heteroatoms. The van der Waals surface area contributed by atoms with Crippen LogP contribution in [0.25, 0.3) is 12.2 Å². The first kappa shape index (κ1) is 9.90. The molecule has 0 bridgehead atoms. The number of hydrogen-bond donors (Lipinski definition) is 1. The van der Waals surface area contributed by atoms with E-state index in [9.17, 15) is 10.1 Å². The first-order valence-electron chi connectivity index (χ1n) is 4.16. The lowest BCUT2D eigenvalue weighted by molar-refractivity contribution is -0.402. The monoisotopic (exact) mass is 224 g/mol. The number of nitrogen functional groups attached to an aromatic ring is 1. The Morgan fingerprint density at radius 1 is 1.56 bits per heavy atom. The summed E-state index contributed by atoms with van der Waals surface area (Å²) in [4.78, 5) is 13.4. The van der Waals surface area contributed by atoms with Crippen LogP contribution in [-0.4, -0.2) is 15.1 Å². The summed E-state index contributed by atoms with van der Waals surface area (Å²) in [5.41, 5.74) is 5.20. The highest BCUT2D eigenvalue weighted by molar-refractivity contribution is 5.64. The van der Waals surface area contributed by atoms with Crippen molar-refractivity contribution >= 4 is 24.1 Å². The van der Waals surface area contributed by atoms with Gasteiger partial charge in [0.2, 0.25) is 0 Å². The van der Waals surface area contributed by atoms with Gasteiger partial charge in [0.15, 0.2) is 5.82 Å². The minimum atomic E-state index is -0.621. The zero-order valence-electron chi connectivity index (χ0n) is 7.86. The van der Waals surface area contributed by atoms with E-state index in [0.717, 1.165) is 0 Å². The minimum absolute atomic E-state index is 0.0509. The molecule has 2 heterocycles. The molecule has 82 valence electrons. The third kappa shape index (κ3) is 2.05. The average molecular weight is 224 g/mol. The number of furan rings is 1. The fourth-order valence-corrected chi connectivity index (χ4v) is 1.00. The summed E-state index contributed by atoms with van der Waals surface area (Å²) in [6.45, 7) is 0. The van der Waals surface area contributed by atoms with Crippen molar-refractivity contribution in [2.45, 2.75) is 0 Å². The summed E-state index contributed by atoms with van der Waals surface area (Å²) in [6.07, 6.45) is 2.93. The largest absolute Gasteiger partial charge is 0.433 e. The van der Waals surface area contributed by atoms with Gasteiger partial charge in [-0.25, -0.2) is 0 Å². The molecule has 0 aliphatic heterocycles. The molecule has 0 saturated heterocycles. The number of nitro groups is 1. The van der Waals surface area contributed by atoms with Crippen molar-refractivity contribution in [1.29, 1.82) is 0 Å². The molecule has 0 aliphatic carbocycles. The van der Waals surface area contributed by atoms with E-state index in [1.54, 1.807) is 0 Å². The topological polar surface area (TPSA) is 121 Å². The third-order valence-electron chi connectivity index (χ3n) is 1.65. The summed E-state index contributed by atoms with van der Waals surface area (Å²) < 4.78 is 9.39. The van der Waals surface area contributed by atoms with Crippen molar-refractivity contribution in [3.05, 3.63) is 33.8 Å². The van der Waals surface area contributed by atoms with E-state index in [-0.39, 0.29) is 17.7 Å². The van der Waals surface area contributed by atoms with E-state index in [2.05, 4.69) is 14.7 Å². The van der Waals surface area contributed by atoms with Gasteiger partial charge in [-0.15, -0.1) is 0 Å². The summed E-state index contributed by atoms with van der Waals surface area (Å²) in [5, 5.41) is 13.8. The van der Waals surface area contributed by atoms with Gasteiger partial charge in [-0.05, 0) is 18.2 Å². The second-order valence-corrected chi connectivity index (χ2v) is 2.76. The Labute approximate surface area is 88.5 Å². The zero-order valence-corrected chi connectivity index (χ0v) is 7.86. The van der Waals surface area contributed by atoms with E-state index < -0.39 is 4.92 Å². The highest BCUT2D eigenvalue weighted by Crippen LogP contribution is 2.17. The lowest BCUT2D eigenvalue weighted by Crippen LogP contribution is -1.82. The van der Waals surface area contributed by atoms with Crippen LogP contribution in [0.4, 0.5) is 11.9 Å². The molecular weight excluding hydrogens is 218 g/mol. The van der Waals surface area contributed by atoms with Gasteiger partial charge in [-0.3, -0.25) is 10.1 Å². The molecule has 2 aromatic rings. The van der Waals surface area contributed by atoms with Gasteiger partial charge in [0.05, 0.1) is 6.07 Å². The highest BCUT2D eigenvalue weighted by Gasteiger charge is 2.09. The molecule has 0 spiro atoms. The van der Waals surface area contributed by atoms with Crippen molar-refractivity contribution in [2.75, 3.05) is 5.73 Å². The van der Waals surface area contributed by atoms with Crippen molar-refractivity contribution in [3.63, 3.8) is 0 Å². The molecule has 0 atom stereocenters. The molecule has 0 radical (unpaired) electrons. The number of aromatic nitrogens is 2. The lowest BCUT2D eigenvalue weighted by Gasteiger charge is -1.82. The van der Waals surface area contributed by atoms with Gasteiger partial charge in [-0.1, -0.05) is 5.16 Å². The van der Waals surface area contributed by atoms with E-state index in [4.69, 9.17) is 10.2 Å². The Bertz CT molecular complexity index is 542. The molecule has 0 fully saturated rings. The Balaban J connectivity index is 2.14. The Morgan fingerprint density at radius 2 is 2.38 bits per heavy atom. The first-order valence-corrected chi connectivity index (χ1v) is 4.16. The van der Waals surface area contributed by atoms with Crippen molar-refractivity contribution in [1.82, 2.24) is 10.1 Å². The SMILES string of the molecule is Nc1nc(/C=[14CH]/c2ccc([N+](=O)[O-])o2)no1. The maximum atomic E-state index is 10.3. The van der Waals surface area contributed by atoms with Gasteiger partial charge in [0, 0.05) is 0 Å². The number of nitrogens with two attached hydrogens (primary N) is 1. The zero-order chi connectivity index (χ0) is 11.5. The van der Waals surface area contributed by atoms with Crippen molar-refractivity contribution in [2.24, 2.45) is 0 Å². The van der Waals surface area contributed by atoms with Crippen LogP contribution >= 0.6 is 0 Å². The first-order chi connectivity index (χ1) is 7.65. The van der Waals surface area contributed by atoms with Crippen LogP contribution in [-0.2, 0) is 0 Å². The molecule has 8 nitrogen and oxygen atoms in total. The number of rotatable bonds is 3. The van der Waals surface area contributed by atoms with Gasteiger partial charge in [0.1, 0.15) is 10.7 Å². The van der Waals surface area contributed by atoms with E-state index in [1.165, 1.54) is 24.3 Å². The van der Waals surface area contributed by atoms with E-state index in [0.29, 0.717) is 5.76 Å². The average Bonchev–Trinajstić information content (AvgIpc) is 2.83. The van der Waals surface area contributed by atoms with Crippen LogP contribution in [0, 0.1) is 10.1 Å². The van der Waals surface area contributed by atoms with Gasteiger partial charge in [-0.2, -0.15) is 4.98 Å². The van der Waals surface area contributed by atoms with Crippen LogP contribution in [0.1, 0.15) is 11.6 Å². The number of anilines is 1. The van der Waals surface area contributed by atoms with E-state index in [1.807, 2.05) is 0 Å². The van der Waals surface area contributed by atoms with Crippen molar-refractivity contribution in [3.8, 4) is 0 Å². The van der Waals surface area contributed by atoms with Crippen LogP contribution in [0.5, 0.6) is 0 Å². The molecule has 0 amide bonds. The fourth-order valence-electron chi connectivity index (χ4n) is 1.00. The molecule has 2 aromatic heterocycles. The Hall–Kier alpha value is -2.64. The maximum Gasteiger partial charge on any atom is 0.433 e. The lowest BCUT2D eigenvalue weighted by atomic mass is 10.6. The standard InChI is InChI=1S/C8H6N4O4/c9-8-10-6(11-16-8)3-1-5-2-4-7(15-5)12(13)14/h1-4H,(H2,9,10,11)/b3-1+/i1+2. The highest BCUT2D eigenvalue weighted by atomic mass is 16.6. The minimum Gasteiger partial charge on any atom is -0.401 e. The quantitative estimate of drug-likeness (QED) is 0.616. The normalized spacial score (nSPS) is 11.0. The second kappa shape index (κ2) is 3.85. The van der Waals surface area contributed by atoms with Crippen LogP contribution < -0.4 is 5.73 Å². The molecule has 0 unspecified atom stereocenters.